The molecule has 1 aliphatic carbocycles. The molecular weight excluding hydrogens is 252 g/mol. The van der Waals surface area contributed by atoms with Gasteiger partial charge in [-0.3, -0.25) is 4.79 Å². The summed E-state index contributed by atoms with van der Waals surface area (Å²) in [5, 5.41) is 6.06. The van der Waals surface area contributed by atoms with Crippen molar-refractivity contribution in [1.29, 1.82) is 0 Å². The van der Waals surface area contributed by atoms with Crippen molar-refractivity contribution in [1.82, 2.24) is 10.6 Å². The monoisotopic (exact) mass is 278 g/mol. The van der Waals surface area contributed by atoms with Crippen LogP contribution in [0.25, 0.3) is 0 Å². The van der Waals surface area contributed by atoms with Crippen molar-refractivity contribution in [3.05, 3.63) is 0 Å². The third-order valence-electron chi connectivity index (χ3n) is 3.76. The van der Waals surface area contributed by atoms with E-state index in [0.29, 0.717) is 11.8 Å². The SMILES string of the molecule is CNCCC(=O)NCC1(CCOC)CCCC1.Cl. The number of hydrogen-bond acceptors (Lipinski definition) is 3. The first kappa shape index (κ1) is 17.7. The minimum atomic E-state index is 0. The van der Waals surface area contributed by atoms with Gasteiger partial charge in [-0.05, 0) is 31.7 Å². The van der Waals surface area contributed by atoms with Crippen LogP contribution >= 0.6 is 12.4 Å². The molecule has 1 amide bonds. The second kappa shape index (κ2) is 9.59. The van der Waals surface area contributed by atoms with Crippen LogP contribution in [-0.4, -0.2) is 39.8 Å². The Balaban J connectivity index is 0.00000289. The van der Waals surface area contributed by atoms with Crippen molar-refractivity contribution in [2.75, 3.05) is 33.9 Å². The smallest absolute Gasteiger partial charge is 0.221 e. The Morgan fingerprint density at radius 2 is 2.00 bits per heavy atom. The Bertz CT molecular complexity index is 231. The summed E-state index contributed by atoms with van der Waals surface area (Å²) >= 11 is 0. The van der Waals surface area contributed by atoms with Crippen LogP contribution in [0.3, 0.4) is 0 Å². The van der Waals surface area contributed by atoms with Gasteiger partial charge in [-0.2, -0.15) is 0 Å². The van der Waals surface area contributed by atoms with Gasteiger partial charge in [0, 0.05) is 33.2 Å². The molecule has 0 spiro atoms. The van der Waals surface area contributed by atoms with Crippen molar-refractivity contribution in [3.8, 4) is 0 Å². The third kappa shape index (κ3) is 6.03. The molecule has 0 aromatic heterocycles. The molecule has 0 atom stereocenters. The third-order valence-corrected chi connectivity index (χ3v) is 3.76. The lowest BCUT2D eigenvalue weighted by Crippen LogP contribution is -2.37. The van der Waals surface area contributed by atoms with E-state index < -0.39 is 0 Å². The van der Waals surface area contributed by atoms with E-state index in [9.17, 15) is 4.79 Å². The number of carbonyl (C=O) groups excluding carboxylic acids is 1. The average molecular weight is 279 g/mol. The molecule has 108 valence electrons. The summed E-state index contributed by atoms with van der Waals surface area (Å²) in [6.07, 6.45) is 6.66. The van der Waals surface area contributed by atoms with Crippen LogP contribution in [0.5, 0.6) is 0 Å². The van der Waals surface area contributed by atoms with Crippen LogP contribution in [0.15, 0.2) is 0 Å². The average Bonchev–Trinajstić information content (AvgIpc) is 2.81. The fourth-order valence-electron chi connectivity index (χ4n) is 2.57. The van der Waals surface area contributed by atoms with Gasteiger partial charge in [-0.1, -0.05) is 12.8 Å². The summed E-state index contributed by atoms with van der Waals surface area (Å²) in [7, 11) is 3.61. The number of rotatable bonds is 8. The number of ether oxygens (including phenoxy) is 1. The van der Waals surface area contributed by atoms with Gasteiger partial charge < -0.3 is 15.4 Å². The first-order valence-electron chi connectivity index (χ1n) is 6.63. The highest BCUT2D eigenvalue weighted by Crippen LogP contribution is 2.40. The second-order valence-electron chi connectivity index (χ2n) is 5.08. The van der Waals surface area contributed by atoms with E-state index in [2.05, 4.69) is 10.6 Å². The lowest BCUT2D eigenvalue weighted by Gasteiger charge is -2.29. The van der Waals surface area contributed by atoms with Gasteiger partial charge in [0.05, 0.1) is 0 Å². The summed E-state index contributed by atoms with van der Waals surface area (Å²) in [6.45, 7) is 2.36. The largest absolute Gasteiger partial charge is 0.385 e. The van der Waals surface area contributed by atoms with Gasteiger partial charge in [-0.25, -0.2) is 0 Å². The molecule has 0 bridgehead atoms. The quantitative estimate of drug-likeness (QED) is 0.711. The van der Waals surface area contributed by atoms with Crippen molar-refractivity contribution in [2.45, 2.75) is 38.5 Å². The highest BCUT2D eigenvalue weighted by atomic mass is 35.5. The Morgan fingerprint density at radius 3 is 2.56 bits per heavy atom. The van der Waals surface area contributed by atoms with E-state index >= 15 is 0 Å². The van der Waals surface area contributed by atoms with Crippen LogP contribution in [0.4, 0.5) is 0 Å². The highest BCUT2D eigenvalue weighted by molar-refractivity contribution is 5.85. The first-order valence-corrected chi connectivity index (χ1v) is 6.63. The van der Waals surface area contributed by atoms with Crippen molar-refractivity contribution < 1.29 is 9.53 Å². The summed E-state index contributed by atoms with van der Waals surface area (Å²) in [6, 6.07) is 0. The Labute approximate surface area is 117 Å². The predicted octanol–water partition coefficient (Wildman–Crippen LogP) is 1.73. The van der Waals surface area contributed by atoms with Gasteiger partial charge >= 0.3 is 0 Å². The van der Waals surface area contributed by atoms with Gasteiger partial charge in [0.1, 0.15) is 0 Å². The number of nitrogens with one attached hydrogen (secondary N) is 2. The zero-order valence-electron chi connectivity index (χ0n) is 11.6. The molecule has 5 heteroatoms. The molecule has 4 nitrogen and oxygen atoms in total. The molecule has 0 saturated heterocycles. The Hall–Kier alpha value is -0.320. The van der Waals surface area contributed by atoms with Gasteiger partial charge in [-0.15, -0.1) is 12.4 Å². The van der Waals surface area contributed by atoms with Crippen molar-refractivity contribution >= 4 is 18.3 Å². The highest BCUT2D eigenvalue weighted by Gasteiger charge is 2.33. The van der Waals surface area contributed by atoms with E-state index in [4.69, 9.17) is 4.74 Å². The van der Waals surface area contributed by atoms with Crippen LogP contribution in [0.1, 0.15) is 38.5 Å². The van der Waals surface area contributed by atoms with Crippen LogP contribution in [0.2, 0.25) is 0 Å². The molecule has 0 aliphatic heterocycles. The molecule has 2 N–H and O–H groups in total. The fourth-order valence-corrected chi connectivity index (χ4v) is 2.57. The van der Waals surface area contributed by atoms with Crippen LogP contribution in [-0.2, 0) is 9.53 Å². The number of methoxy groups -OCH3 is 1. The summed E-state index contributed by atoms with van der Waals surface area (Å²) in [4.78, 5) is 11.6. The molecule has 1 aliphatic rings. The van der Waals surface area contributed by atoms with Crippen LogP contribution in [0, 0.1) is 5.41 Å². The van der Waals surface area contributed by atoms with Crippen molar-refractivity contribution in [3.63, 3.8) is 0 Å². The molecule has 0 aromatic rings. The van der Waals surface area contributed by atoms with Crippen molar-refractivity contribution in [2.24, 2.45) is 5.41 Å². The lowest BCUT2D eigenvalue weighted by molar-refractivity contribution is -0.121. The van der Waals surface area contributed by atoms with Crippen LogP contribution < -0.4 is 10.6 Å². The molecule has 1 saturated carbocycles. The Morgan fingerprint density at radius 1 is 1.33 bits per heavy atom. The lowest BCUT2D eigenvalue weighted by atomic mass is 9.83. The molecular formula is C13H27ClN2O2. The first-order chi connectivity index (χ1) is 8.22. The normalized spacial score (nSPS) is 17.2. The maximum atomic E-state index is 11.6. The maximum Gasteiger partial charge on any atom is 0.221 e. The number of hydrogen-bond donors (Lipinski definition) is 2. The second-order valence-corrected chi connectivity index (χ2v) is 5.08. The van der Waals surface area contributed by atoms with E-state index in [0.717, 1.165) is 26.1 Å². The molecule has 1 fully saturated rings. The zero-order chi connectivity index (χ0) is 12.6. The Kier molecular flexibility index (Phi) is 9.42. The van der Waals surface area contributed by atoms with E-state index in [1.807, 2.05) is 7.05 Å². The van der Waals surface area contributed by atoms with E-state index in [1.54, 1.807) is 7.11 Å². The van der Waals surface area contributed by atoms with E-state index in [1.165, 1.54) is 25.7 Å². The minimum absolute atomic E-state index is 0. The standard InChI is InChI=1S/C13H26N2O2.ClH/c1-14-9-5-12(16)15-11-13(8-10-17-2)6-3-4-7-13;/h14H,3-11H2,1-2H3,(H,15,16);1H. The molecule has 1 rings (SSSR count). The molecule has 0 radical (unpaired) electrons. The molecule has 0 heterocycles. The zero-order valence-corrected chi connectivity index (χ0v) is 12.4. The topological polar surface area (TPSA) is 50.4 Å². The maximum absolute atomic E-state index is 11.6. The predicted molar refractivity (Wildman–Crippen MR) is 76.2 cm³/mol. The number of carbonyl (C=O) groups is 1. The van der Waals surface area contributed by atoms with E-state index in [-0.39, 0.29) is 18.3 Å². The van der Waals surface area contributed by atoms with Gasteiger partial charge in [0.15, 0.2) is 0 Å². The number of amides is 1. The fraction of sp³-hybridized carbons (Fsp3) is 0.923. The van der Waals surface area contributed by atoms with Gasteiger partial charge in [0.25, 0.3) is 0 Å². The summed E-state index contributed by atoms with van der Waals surface area (Å²) in [5.74, 6) is 0.156. The molecule has 0 unspecified atom stereocenters. The molecule has 18 heavy (non-hydrogen) atoms. The number of halogens is 1. The minimum Gasteiger partial charge on any atom is -0.385 e. The van der Waals surface area contributed by atoms with Gasteiger partial charge in [0.2, 0.25) is 5.91 Å². The summed E-state index contributed by atoms with van der Waals surface area (Å²) in [5.41, 5.74) is 0.297. The molecule has 0 aromatic carbocycles. The summed E-state index contributed by atoms with van der Waals surface area (Å²) < 4.78 is 5.18.